The molecule has 0 radical (unpaired) electrons. The molecule has 0 aromatic rings. The van der Waals surface area contributed by atoms with Crippen LogP contribution in [0.5, 0.6) is 0 Å². The summed E-state index contributed by atoms with van der Waals surface area (Å²) in [6.45, 7) is 1.57. The fraction of sp³-hybridized carbons (Fsp3) is 0.444. The number of carbonyl (C=O) groups is 1. The third-order valence-corrected chi connectivity index (χ3v) is 1.68. The van der Waals surface area contributed by atoms with Crippen LogP contribution in [0.3, 0.4) is 0 Å². The zero-order chi connectivity index (χ0) is 10.4. The molecule has 0 aromatic heterocycles. The van der Waals surface area contributed by atoms with Gasteiger partial charge in [0.1, 0.15) is 6.61 Å². The highest BCUT2D eigenvalue weighted by Crippen LogP contribution is 2.07. The summed E-state index contributed by atoms with van der Waals surface area (Å²) in [7, 11) is 0. The smallest absolute Gasteiger partial charge is 0.302 e. The molecule has 0 saturated carbocycles. The zero-order valence-corrected chi connectivity index (χ0v) is 8.62. The van der Waals surface area contributed by atoms with Crippen molar-refractivity contribution in [1.82, 2.24) is 0 Å². The summed E-state index contributed by atoms with van der Waals surface area (Å²) in [5.74, 6) is 0.237. The Morgan fingerprint density at radius 2 is 2.71 bits per heavy atom. The molecular formula is C9H11NO3S. The second kappa shape index (κ2) is 5.49. The number of thiocarbonyl (C=S) groups is 1. The van der Waals surface area contributed by atoms with Crippen LogP contribution in [0.1, 0.15) is 13.3 Å². The average Bonchev–Trinajstić information content (AvgIpc) is 2.16. The van der Waals surface area contributed by atoms with Crippen LogP contribution in [0.25, 0.3) is 0 Å². The summed E-state index contributed by atoms with van der Waals surface area (Å²) in [4.78, 5) is 14.4. The van der Waals surface area contributed by atoms with Crippen molar-refractivity contribution in [2.75, 3.05) is 6.61 Å². The van der Waals surface area contributed by atoms with Gasteiger partial charge in [0.05, 0.1) is 5.49 Å². The number of esters is 1. The van der Waals surface area contributed by atoms with Crippen LogP contribution in [0.2, 0.25) is 0 Å². The van der Waals surface area contributed by atoms with Crippen LogP contribution in [-0.4, -0.2) is 30.1 Å². The normalized spacial score (nSPS) is 22.9. The average molecular weight is 213 g/mol. The SMILES string of the molecule is CC(=O)OC[C@H]1C=CCC(=NC=S)O1. The van der Waals surface area contributed by atoms with E-state index in [0.29, 0.717) is 12.3 Å². The van der Waals surface area contributed by atoms with E-state index in [0.717, 1.165) is 0 Å². The van der Waals surface area contributed by atoms with Gasteiger partial charge in [0.15, 0.2) is 12.0 Å². The molecule has 4 nitrogen and oxygen atoms in total. The van der Waals surface area contributed by atoms with Gasteiger partial charge in [-0.1, -0.05) is 18.3 Å². The molecule has 1 atom stereocenters. The number of aliphatic imine (C=N–C) groups is 1. The second-order valence-electron chi connectivity index (χ2n) is 2.72. The number of hydrogen-bond donors (Lipinski definition) is 0. The van der Waals surface area contributed by atoms with Gasteiger partial charge < -0.3 is 9.47 Å². The van der Waals surface area contributed by atoms with E-state index in [9.17, 15) is 4.79 Å². The Balaban J connectivity index is 2.44. The van der Waals surface area contributed by atoms with Crippen LogP contribution < -0.4 is 0 Å². The lowest BCUT2D eigenvalue weighted by Gasteiger charge is -2.19. The van der Waals surface area contributed by atoms with Crippen molar-refractivity contribution >= 4 is 29.6 Å². The fourth-order valence-electron chi connectivity index (χ4n) is 1.01. The lowest BCUT2D eigenvalue weighted by Crippen LogP contribution is -2.25. The Bertz CT molecular complexity index is 286. The van der Waals surface area contributed by atoms with Gasteiger partial charge >= 0.3 is 5.97 Å². The van der Waals surface area contributed by atoms with E-state index in [1.165, 1.54) is 12.4 Å². The summed E-state index contributed by atoms with van der Waals surface area (Å²) < 4.78 is 10.2. The van der Waals surface area contributed by atoms with Gasteiger partial charge in [0, 0.05) is 13.3 Å². The first kappa shape index (κ1) is 10.8. The Kier molecular flexibility index (Phi) is 4.25. The Hall–Kier alpha value is -1.23. The maximum absolute atomic E-state index is 10.5. The van der Waals surface area contributed by atoms with Gasteiger partial charge in [-0.05, 0) is 6.08 Å². The second-order valence-corrected chi connectivity index (χ2v) is 2.93. The molecule has 76 valence electrons. The van der Waals surface area contributed by atoms with Crippen molar-refractivity contribution < 1.29 is 14.3 Å². The molecule has 0 aromatic carbocycles. The van der Waals surface area contributed by atoms with E-state index in [-0.39, 0.29) is 18.7 Å². The minimum Gasteiger partial charge on any atom is -0.469 e. The lowest BCUT2D eigenvalue weighted by molar-refractivity contribution is -0.142. The number of hydrogen-bond acceptors (Lipinski definition) is 4. The molecule has 0 amide bonds. The van der Waals surface area contributed by atoms with Crippen molar-refractivity contribution in [2.45, 2.75) is 19.4 Å². The third kappa shape index (κ3) is 3.66. The monoisotopic (exact) mass is 213 g/mol. The van der Waals surface area contributed by atoms with Gasteiger partial charge in [-0.15, -0.1) is 0 Å². The molecule has 1 aliphatic rings. The summed E-state index contributed by atoms with van der Waals surface area (Å²) in [6.07, 6.45) is 4.13. The van der Waals surface area contributed by atoms with Gasteiger partial charge in [-0.25, -0.2) is 4.99 Å². The Morgan fingerprint density at radius 3 is 3.36 bits per heavy atom. The van der Waals surface area contributed by atoms with Crippen LogP contribution in [0.15, 0.2) is 17.1 Å². The summed E-state index contributed by atoms with van der Waals surface area (Å²) in [5, 5.41) is 0. The summed E-state index contributed by atoms with van der Waals surface area (Å²) >= 11 is 4.58. The van der Waals surface area contributed by atoms with Crippen molar-refractivity contribution in [3.8, 4) is 0 Å². The maximum Gasteiger partial charge on any atom is 0.302 e. The van der Waals surface area contributed by atoms with Crippen molar-refractivity contribution in [2.24, 2.45) is 4.99 Å². The zero-order valence-electron chi connectivity index (χ0n) is 7.80. The van der Waals surface area contributed by atoms with E-state index in [2.05, 4.69) is 17.2 Å². The predicted octanol–water partition coefficient (Wildman–Crippen LogP) is 1.25. The van der Waals surface area contributed by atoms with E-state index >= 15 is 0 Å². The molecule has 0 aliphatic carbocycles. The van der Waals surface area contributed by atoms with Crippen LogP contribution >= 0.6 is 12.2 Å². The molecule has 5 heteroatoms. The minimum atomic E-state index is -0.319. The Labute approximate surface area is 87.6 Å². The standard InChI is InChI=1S/C9H11NO3S/c1-7(11)12-5-8-3-2-4-9(13-8)10-6-14/h2-3,6,8H,4-5H2,1H3/t8-/m1/s1. The molecule has 0 N–H and O–H groups in total. The molecule has 0 bridgehead atoms. The number of carbonyl (C=O) groups excluding carboxylic acids is 1. The molecule has 1 rings (SSSR count). The molecule has 0 spiro atoms. The molecule has 0 fully saturated rings. The fourth-order valence-corrected chi connectivity index (χ4v) is 1.13. The number of ether oxygens (including phenoxy) is 2. The molecule has 1 aliphatic heterocycles. The third-order valence-electron chi connectivity index (χ3n) is 1.58. The van der Waals surface area contributed by atoms with Crippen LogP contribution in [-0.2, 0) is 14.3 Å². The first-order valence-electron chi connectivity index (χ1n) is 4.19. The molecule has 14 heavy (non-hydrogen) atoms. The van der Waals surface area contributed by atoms with Gasteiger partial charge in [-0.3, -0.25) is 4.79 Å². The van der Waals surface area contributed by atoms with Crippen LogP contribution in [0, 0.1) is 0 Å². The van der Waals surface area contributed by atoms with E-state index in [1.807, 2.05) is 12.2 Å². The molecule has 1 heterocycles. The summed E-state index contributed by atoms with van der Waals surface area (Å²) in [5.41, 5.74) is 1.26. The predicted molar refractivity (Wildman–Crippen MR) is 56.4 cm³/mol. The highest BCUT2D eigenvalue weighted by Gasteiger charge is 2.14. The van der Waals surface area contributed by atoms with Crippen molar-refractivity contribution in [1.29, 1.82) is 0 Å². The largest absolute Gasteiger partial charge is 0.469 e. The van der Waals surface area contributed by atoms with E-state index in [1.54, 1.807) is 0 Å². The summed E-state index contributed by atoms with van der Waals surface area (Å²) in [6, 6.07) is 0. The molecule has 0 saturated heterocycles. The first-order chi connectivity index (χ1) is 6.72. The van der Waals surface area contributed by atoms with Gasteiger partial charge in [0.2, 0.25) is 0 Å². The lowest BCUT2D eigenvalue weighted by atomic mass is 10.2. The van der Waals surface area contributed by atoms with Crippen LogP contribution in [0.4, 0.5) is 0 Å². The van der Waals surface area contributed by atoms with Crippen molar-refractivity contribution in [3.05, 3.63) is 12.2 Å². The number of nitrogens with zero attached hydrogens (tertiary/aromatic N) is 1. The quantitative estimate of drug-likeness (QED) is 0.402. The highest BCUT2D eigenvalue weighted by atomic mass is 32.1. The highest BCUT2D eigenvalue weighted by molar-refractivity contribution is 7.78. The van der Waals surface area contributed by atoms with Crippen molar-refractivity contribution in [3.63, 3.8) is 0 Å². The topological polar surface area (TPSA) is 47.9 Å². The first-order valence-corrected chi connectivity index (χ1v) is 4.66. The van der Waals surface area contributed by atoms with E-state index in [4.69, 9.17) is 9.47 Å². The van der Waals surface area contributed by atoms with E-state index < -0.39 is 0 Å². The minimum absolute atomic E-state index is 0.211. The Morgan fingerprint density at radius 1 is 1.93 bits per heavy atom. The number of rotatable bonds is 3. The van der Waals surface area contributed by atoms with Gasteiger partial charge in [-0.2, -0.15) is 0 Å². The van der Waals surface area contributed by atoms with Gasteiger partial charge in [0.25, 0.3) is 0 Å². The molecular weight excluding hydrogens is 202 g/mol. The maximum atomic E-state index is 10.5. The molecule has 0 unspecified atom stereocenters.